The van der Waals surface area contributed by atoms with Gasteiger partial charge in [-0.15, -0.1) is 0 Å². The second-order valence-corrected chi connectivity index (χ2v) is 4.69. The van der Waals surface area contributed by atoms with E-state index in [0.717, 1.165) is 0 Å². The van der Waals surface area contributed by atoms with Crippen molar-refractivity contribution >= 4 is 18.8 Å². The average Bonchev–Trinajstić information content (AvgIpc) is 2.56. The highest BCUT2D eigenvalue weighted by molar-refractivity contribution is 6.60. The van der Waals surface area contributed by atoms with Gasteiger partial charge in [0.2, 0.25) is 0 Å². The normalized spacial score (nSPS) is 23.3. The van der Waals surface area contributed by atoms with E-state index in [1.165, 1.54) is 6.20 Å². The number of nitrogen functional groups attached to an aromatic ring is 1. The molecule has 0 aliphatic carbocycles. The van der Waals surface area contributed by atoms with Crippen molar-refractivity contribution < 1.29 is 13.7 Å². The summed E-state index contributed by atoms with van der Waals surface area (Å²) in [6.07, 6.45) is 1.53. The van der Waals surface area contributed by atoms with Crippen LogP contribution in [0.15, 0.2) is 10.6 Å². The van der Waals surface area contributed by atoms with Crippen LogP contribution in [0.1, 0.15) is 27.7 Å². The van der Waals surface area contributed by atoms with Gasteiger partial charge in [-0.25, -0.2) is 4.98 Å². The average molecular weight is 210 g/mol. The lowest BCUT2D eigenvalue weighted by Crippen LogP contribution is -2.41. The zero-order valence-corrected chi connectivity index (χ0v) is 9.40. The van der Waals surface area contributed by atoms with E-state index < -0.39 is 7.12 Å². The lowest BCUT2D eigenvalue weighted by atomic mass is 9.87. The minimum atomic E-state index is -0.528. The van der Waals surface area contributed by atoms with Crippen molar-refractivity contribution in [3.63, 3.8) is 0 Å². The van der Waals surface area contributed by atoms with Crippen LogP contribution in [0, 0.1) is 0 Å². The lowest BCUT2D eigenvalue weighted by Gasteiger charge is -2.32. The van der Waals surface area contributed by atoms with Crippen LogP contribution in [0.5, 0.6) is 0 Å². The maximum absolute atomic E-state index is 5.75. The number of hydrogen-bond donors (Lipinski definition) is 1. The maximum atomic E-state index is 5.75. The van der Waals surface area contributed by atoms with Gasteiger partial charge in [0.25, 0.3) is 6.01 Å². The van der Waals surface area contributed by atoms with Gasteiger partial charge in [-0.05, 0) is 27.7 Å². The van der Waals surface area contributed by atoms with Gasteiger partial charge in [-0.3, -0.25) is 0 Å². The summed E-state index contributed by atoms with van der Waals surface area (Å²) in [5.41, 5.74) is 5.15. The van der Waals surface area contributed by atoms with Crippen LogP contribution in [0.2, 0.25) is 0 Å². The van der Waals surface area contributed by atoms with Crippen molar-refractivity contribution in [3.8, 4) is 0 Å². The van der Waals surface area contributed by atoms with E-state index in [0.29, 0.717) is 5.66 Å². The van der Waals surface area contributed by atoms with Crippen molar-refractivity contribution in [2.45, 2.75) is 38.9 Å². The molecule has 0 radical (unpaired) electrons. The Morgan fingerprint density at radius 1 is 1.20 bits per heavy atom. The standard InChI is InChI=1S/C9H15BN2O3/c1-8(2)9(3,4)15-10(14-8)6-5-12-7(11)13-6/h5H,1-4H3,(H2,11,12). The topological polar surface area (TPSA) is 70.5 Å². The fourth-order valence-corrected chi connectivity index (χ4v) is 1.37. The molecule has 1 fully saturated rings. The second kappa shape index (κ2) is 2.99. The maximum Gasteiger partial charge on any atom is 0.534 e. The van der Waals surface area contributed by atoms with Gasteiger partial charge in [0, 0.05) is 0 Å². The summed E-state index contributed by atoms with van der Waals surface area (Å²) in [5, 5.41) is 0. The first-order valence-electron chi connectivity index (χ1n) is 4.89. The number of nitrogens with two attached hydrogens (primary N) is 1. The van der Waals surface area contributed by atoms with Gasteiger partial charge >= 0.3 is 7.12 Å². The third-order valence-electron chi connectivity index (χ3n) is 3.03. The Morgan fingerprint density at radius 3 is 2.13 bits per heavy atom. The molecule has 1 aliphatic rings. The van der Waals surface area contributed by atoms with Gasteiger partial charge in [-0.1, -0.05) is 0 Å². The zero-order valence-electron chi connectivity index (χ0n) is 9.40. The Morgan fingerprint density at radius 2 is 1.73 bits per heavy atom. The molecule has 2 N–H and O–H groups in total. The fraction of sp³-hybridized carbons (Fsp3) is 0.667. The number of rotatable bonds is 1. The molecule has 2 heterocycles. The fourth-order valence-electron chi connectivity index (χ4n) is 1.37. The predicted molar refractivity (Wildman–Crippen MR) is 56.6 cm³/mol. The summed E-state index contributed by atoms with van der Waals surface area (Å²) in [7, 11) is -0.528. The number of oxazole rings is 1. The number of nitrogens with zero attached hydrogens (tertiary/aromatic N) is 1. The van der Waals surface area contributed by atoms with Crippen LogP contribution in [-0.2, 0) is 9.31 Å². The molecule has 0 unspecified atom stereocenters. The zero-order chi connectivity index (χ0) is 11.3. The van der Waals surface area contributed by atoms with E-state index >= 15 is 0 Å². The molecular weight excluding hydrogens is 195 g/mol. The van der Waals surface area contributed by atoms with Gasteiger partial charge in [-0.2, -0.15) is 0 Å². The summed E-state index contributed by atoms with van der Waals surface area (Å²) in [4.78, 5) is 3.81. The highest BCUT2D eigenvalue weighted by Gasteiger charge is 2.53. The Bertz CT molecular complexity index is 359. The SMILES string of the molecule is CC1(C)OB(c2cnc(N)o2)OC1(C)C. The molecule has 0 atom stereocenters. The van der Waals surface area contributed by atoms with E-state index in [1.807, 2.05) is 27.7 Å². The molecule has 0 bridgehead atoms. The van der Waals surface area contributed by atoms with Crippen LogP contribution in [0.3, 0.4) is 0 Å². The number of aromatic nitrogens is 1. The highest BCUT2D eigenvalue weighted by atomic mass is 16.7. The third-order valence-corrected chi connectivity index (χ3v) is 3.03. The third kappa shape index (κ3) is 1.64. The molecule has 5 nitrogen and oxygen atoms in total. The quantitative estimate of drug-likeness (QED) is 0.685. The van der Waals surface area contributed by atoms with Crippen LogP contribution < -0.4 is 11.4 Å². The van der Waals surface area contributed by atoms with Crippen molar-refractivity contribution in [2.75, 3.05) is 5.73 Å². The van der Waals surface area contributed by atoms with Gasteiger partial charge in [0.15, 0.2) is 5.66 Å². The molecule has 15 heavy (non-hydrogen) atoms. The van der Waals surface area contributed by atoms with Crippen molar-refractivity contribution in [2.24, 2.45) is 0 Å². The van der Waals surface area contributed by atoms with Crippen molar-refractivity contribution in [1.82, 2.24) is 4.98 Å². The minimum Gasteiger partial charge on any atom is -0.433 e. The smallest absolute Gasteiger partial charge is 0.433 e. The van der Waals surface area contributed by atoms with E-state index in [2.05, 4.69) is 4.98 Å². The Hall–Kier alpha value is -1.01. The van der Waals surface area contributed by atoms with Crippen molar-refractivity contribution in [1.29, 1.82) is 0 Å². The Balaban J connectivity index is 2.23. The minimum absolute atomic E-state index is 0.125. The van der Waals surface area contributed by atoms with E-state index in [4.69, 9.17) is 19.5 Å². The van der Waals surface area contributed by atoms with Gasteiger partial charge in [0.1, 0.15) is 0 Å². The van der Waals surface area contributed by atoms with Crippen LogP contribution in [0.4, 0.5) is 6.01 Å². The Kier molecular flexibility index (Phi) is 2.10. The van der Waals surface area contributed by atoms with Gasteiger partial charge in [0.05, 0.1) is 17.4 Å². The second-order valence-electron chi connectivity index (χ2n) is 4.69. The predicted octanol–water partition coefficient (Wildman–Crippen LogP) is 0.556. The molecule has 1 aromatic heterocycles. The molecular formula is C9H15BN2O3. The molecule has 0 spiro atoms. The summed E-state index contributed by atoms with van der Waals surface area (Å²) in [5.74, 6) is 0. The molecule has 0 saturated carbocycles. The summed E-state index contributed by atoms with van der Waals surface area (Å²) < 4.78 is 16.7. The van der Waals surface area contributed by atoms with Gasteiger partial charge < -0.3 is 19.5 Å². The number of anilines is 1. The molecule has 82 valence electrons. The first kappa shape index (κ1) is 10.5. The lowest BCUT2D eigenvalue weighted by molar-refractivity contribution is 0.00578. The summed E-state index contributed by atoms with van der Waals surface area (Å²) in [6, 6.07) is 0.125. The van der Waals surface area contributed by atoms with Crippen LogP contribution in [0.25, 0.3) is 0 Å². The number of hydrogen-bond acceptors (Lipinski definition) is 5. The van der Waals surface area contributed by atoms with E-state index in [9.17, 15) is 0 Å². The largest absolute Gasteiger partial charge is 0.534 e. The molecule has 0 aromatic carbocycles. The molecule has 0 amide bonds. The van der Waals surface area contributed by atoms with E-state index in [1.54, 1.807) is 0 Å². The Labute approximate surface area is 89.1 Å². The molecule has 6 heteroatoms. The first-order valence-corrected chi connectivity index (χ1v) is 4.89. The first-order chi connectivity index (χ1) is 6.82. The summed E-state index contributed by atoms with van der Waals surface area (Å²) >= 11 is 0. The highest BCUT2D eigenvalue weighted by Crippen LogP contribution is 2.36. The molecule has 1 aliphatic heterocycles. The van der Waals surface area contributed by atoms with Crippen LogP contribution in [-0.4, -0.2) is 23.3 Å². The molecule has 2 rings (SSSR count). The van der Waals surface area contributed by atoms with Crippen molar-refractivity contribution in [3.05, 3.63) is 6.20 Å². The summed E-state index contributed by atoms with van der Waals surface area (Å²) in [6.45, 7) is 7.92. The molecule has 1 saturated heterocycles. The monoisotopic (exact) mass is 210 g/mol. The molecule has 1 aromatic rings. The van der Waals surface area contributed by atoms with Crippen LogP contribution >= 0.6 is 0 Å². The van der Waals surface area contributed by atoms with E-state index in [-0.39, 0.29) is 17.2 Å².